The van der Waals surface area contributed by atoms with Gasteiger partial charge in [-0.2, -0.15) is 9.97 Å². The van der Waals surface area contributed by atoms with Gasteiger partial charge in [0.25, 0.3) is 0 Å². The number of hydrogen-bond acceptors (Lipinski definition) is 7. The number of nitrogens with one attached hydrogen (secondary N) is 1. The van der Waals surface area contributed by atoms with Gasteiger partial charge in [0.05, 0.1) is 19.8 Å². The molecule has 0 amide bonds. The van der Waals surface area contributed by atoms with Crippen LogP contribution >= 0.6 is 0 Å². The van der Waals surface area contributed by atoms with Gasteiger partial charge in [0.15, 0.2) is 5.79 Å². The van der Waals surface area contributed by atoms with Crippen molar-refractivity contribution in [2.45, 2.75) is 38.4 Å². The number of anilines is 3. The van der Waals surface area contributed by atoms with Gasteiger partial charge in [0, 0.05) is 25.6 Å². The van der Waals surface area contributed by atoms with Crippen LogP contribution in [0.25, 0.3) is 0 Å². The summed E-state index contributed by atoms with van der Waals surface area (Å²) in [7, 11) is 0. The molecule has 122 valence electrons. The SMILES string of the molecule is CCCCNc1cc(N2CCCC3(C2)OCCO3)nc(N)n1. The first kappa shape index (κ1) is 15.3. The fourth-order valence-electron chi connectivity index (χ4n) is 3.01. The lowest BCUT2D eigenvalue weighted by Crippen LogP contribution is -2.49. The van der Waals surface area contributed by atoms with Crippen LogP contribution in [0.4, 0.5) is 17.6 Å². The summed E-state index contributed by atoms with van der Waals surface area (Å²) in [5.41, 5.74) is 5.86. The normalized spacial score (nSPS) is 20.5. The van der Waals surface area contributed by atoms with E-state index in [-0.39, 0.29) is 0 Å². The van der Waals surface area contributed by atoms with Crippen molar-refractivity contribution in [1.29, 1.82) is 0 Å². The van der Waals surface area contributed by atoms with E-state index < -0.39 is 5.79 Å². The molecule has 0 atom stereocenters. The summed E-state index contributed by atoms with van der Waals surface area (Å²) >= 11 is 0. The first-order chi connectivity index (χ1) is 10.7. The van der Waals surface area contributed by atoms with Gasteiger partial charge in [-0.1, -0.05) is 13.3 Å². The smallest absolute Gasteiger partial charge is 0.223 e. The summed E-state index contributed by atoms with van der Waals surface area (Å²) in [5.74, 6) is 1.45. The summed E-state index contributed by atoms with van der Waals surface area (Å²) < 4.78 is 11.6. The Balaban J connectivity index is 1.72. The molecule has 7 heteroatoms. The monoisotopic (exact) mass is 307 g/mol. The van der Waals surface area contributed by atoms with E-state index in [2.05, 4.69) is 27.1 Å². The molecule has 2 aliphatic heterocycles. The second-order valence-corrected chi connectivity index (χ2v) is 5.88. The Bertz CT molecular complexity index is 505. The van der Waals surface area contributed by atoms with Gasteiger partial charge in [-0.05, 0) is 12.8 Å². The predicted octanol–water partition coefficient (Wildman–Crippen LogP) is 1.61. The molecule has 0 aromatic carbocycles. The van der Waals surface area contributed by atoms with E-state index in [1.54, 1.807) is 0 Å². The van der Waals surface area contributed by atoms with Gasteiger partial charge >= 0.3 is 0 Å². The van der Waals surface area contributed by atoms with E-state index in [0.717, 1.165) is 50.4 Å². The maximum atomic E-state index is 5.86. The molecule has 3 heterocycles. The highest BCUT2D eigenvalue weighted by Gasteiger charge is 2.41. The lowest BCUT2D eigenvalue weighted by molar-refractivity contribution is -0.161. The highest BCUT2D eigenvalue weighted by Crippen LogP contribution is 2.32. The molecular formula is C15H25N5O2. The van der Waals surface area contributed by atoms with Gasteiger partial charge in [0.2, 0.25) is 5.95 Å². The van der Waals surface area contributed by atoms with Crippen LogP contribution in [0.2, 0.25) is 0 Å². The Kier molecular flexibility index (Phi) is 4.63. The van der Waals surface area contributed by atoms with Crippen molar-refractivity contribution in [3.05, 3.63) is 6.07 Å². The van der Waals surface area contributed by atoms with Crippen molar-refractivity contribution < 1.29 is 9.47 Å². The van der Waals surface area contributed by atoms with Crippen LogP contribution in [-0.2, 0) is 9.47 Å². The molecule has 7 nitrogen and oxygen atoms in total. The third kappa shape index (κ3) is 3.41. The lowest BCUT2D eigenvalue weighted by Gasteiger charge is -2.39. The molecule has 0 aliphatic carbocycles. The van der Waals surface area contributed by atoms with Crippen molar-refractivity contribution in [3.8, 4) is 0 Å². The number of ether oxygens (including phenoxy) is 2. The second kappa shape index (κ2) is 6.66. The molecule has 22 heavy (non-hydrogen) atoms. The number of aromatic nitrogens is 2. The van der Waals surface area contributed by atoms with Gasteiger partial charge in [-0.3, -0.25) is 0 Å². The maximum absolute atomic E-state index is 5.86. The van der Waals surface area contributed by atoms with E-state index in [0.29, 0.717) is 25.7 Å². The summed E-state index contributed by atoms with van der Waals surface area (Å²) in [5, 5.41) is 3.31. The molecule has 1 aromatic heterocycles. The third-order valence-electron chi connectivity index (χ3n) is 4.12. The zero-order chi connectivity index (χ0) is 15.4. The van der Waals surface area contributed by atoms with Crippen LogP contribution in [0.1, 0.15) is 32.6 Å². The molecule has 0 bridgehead atoms. The Hall–Kier alpha value is -1.60. The Morgan fingerprint density at radius 2 is 2.18 bits per heavy atom. The minimum atomic E-state index is -0.465. The number of hydrogen-bond donors (Lipinski definition) is 2. The fraction of sp³-hybridized carbons (Fsp3) is 0.733. The minimum Gasteiger partial charge on any atom is -0.370 e. The average molecular weight is 307 g/mol. The average Bonchev–Trinajstić information content (AvgIpc) is 2.95. The van der Waals surface area contributed by atoms with Gasteiger partial charge in [0.1, 0.15) is 11.6 Å². The van der Waals surface area contributed by atoms with Crippen LogP contribution in [0, 0.1) is 0 Å². The van der Waals surface area contributed by atoms with E-state index in [1.807, 2.05) is 6.07 Å². The molecule has 3 N–H and O–H groups in total. The molecule has 0 unspecified atom stereocenters. The minimum absolute atomic E-state index is 0.296. The summed E-state index contributed by atoms with van der Waals surface area (Å²) in [6.45, 7) is 6.02. The number of nitrogen functional groups attached to an aromatic ring is 1. The summed E-state index contributed by atoms with van der Waals surface area (Å²) in [4.78, 5) is 10.8. The van der Waals surface area contributed by atoms with E-state index >= 15 is 0 Å². The first-order valence-electron chi connectivity index (χ1n) is 8.12. The van der Waals surface area contributed by atoms with Crippen molar-refractivity contribution in [2.75, 3.05) is 48.8 Å². The largest absolute Gasteiger partial charge is 0.370 e. The zero-order valence-electron chi connectivity index (χ0n) is 13.2. The van der Waals surface area contributed by atoms with Crippen LogP contribution < -0.4 is 16.0 Å². The van der Waals surface area contributed by atoms with Gasteiger partial charge in [-0.25, -0.2) is 0 Å². The van der Waals surface area contributed by atoms with E-state index in [4.69, 9.17) is 15.2 Å². The van der Waals surface area contributed by atoms with Gasteiger partial charge in [-0.15, -0.1) is 0 Å². The topological polar surface area (TPSA) is 85.5 Å². The van der Waals surface area contributed by atoms with Crippen LogP contribution in [-0.4, -0.2) is 48.6 Å². The Morgan fingerprint density at radius 1 is 1.36 bits per heavy atom. The number of rotatable bonds is 5. The number of nitrogens with two attached hydrogens (primary N) is 1. The van der Waals surface area contributed by atoms with Crippen LogP contribution in [0.15, 0.2) is 6.07 Å². The molecule has 3 rings (SSSR count). The van der Waals surface area contributed by atoms with E-state index in [9.17, 15) is 0 Å². The zero-order valence-corrected chi connectivity index (χ0v) is 13.2. The molecular weight excluding hydrogens is 282 g/mol. The van der Waals surface area contributed by atoms with Crippen molar-refractivity contribution in [2.24, 2.45) is 0 Å². The molecule has 2 aliphatic rings. The van der Waals surface area contributed by atoms with Crippen LogP contribution in [0.3, 0.4) is 0 Å². The third-order valence-corrected chi connectivity index (χ3v) is 4.12. The molecule has 2 fully saturated rings. The summed E-state index contributed by atoms with van der Waals surface area (Å²) in [6, 6.07) is 1.96. The highest BCUT2D eigenvalue weighted by molar-refractivity contribution is 5.53. The molecule has 1 spiro atoms. The Labute approximate surface area is 131 Å². The van der Waals surface area contributed by atoms with Gasteiger partial charge < -0.3 is 25.4 Å². The standard InChI is InChI=1S/C15H25N5O2/c1-2-3-6-17-12-10-13(19-14(16)18-12)20-7-4-5-15(11-20)21-8-9-22-15/h10H,2-9,11H2,1H3,(H3,16,17,18,19). The number of piperidine rings is 1. The molecule has 2 saturated heterocycles. The molecule has 0 radical (unpaired) electrons. The lowest BCUT2D eigenvalue weighted by atomic mass is 10.0. The maximum Gasteiger partial charge on any atom is 0.223 e. The van der Waals surface area contributed by atoms with E-state index in [1.165, 1.54) is 0 Å². The van der Waals surface area contributed by atoms with Crippen molar-refractivity contribution in [3.63, 3.8) is 0 Å². The number of unbranched alkanes of at least 4 members (excludes halogenated alkanes) is 1. The fourth-order valence-corrected chi connectivity index (χ4v) is 3.01. The van der Waals surface area contributed by atoms with Crippen molar-refractivity contribution >= 4 is 17.6 Å². The number of nitrogens with zero attached hydrogens (tertiary/aromatic N) is 3. The second-order valence-electron chi connectivity index (χ2n) is 5.88. The highest BCUT2D eigenvalue weighted by atomic mass is 16.7. The van der Waals surface area contributed by atoms with Crippen LogP contribution in [0.5, 0.6) is 0 Å². The van der Waals surface area contributed by atoms with Crippen molar-refractivity contribution in [1.82, 2.24) is 9.97 Å². The molecule has 1 aromatic rings. The first-order valence-corrected chi connectivity index (χ1v) is 8.12. The quantitative estimate of drug-likeness (QED) is 0.799. The predicted molar refractivity (Wildman–Crippen MR) is 85.9 cm³/mol. The Morgan fingerprint density at radius 3 is 2.95 bits per heavy atom. The molecule has 0 saturated carbocycles. The summed E-state index contributed by atoms with van der Waals surface area (Å²) in [6.07, 6.45) is 4.20.